The van der Waals surface area contributed by atoms with E-state index in [1.54, 1.807) is 0 Å². The zero-order chi connectivity index (χ0) is 14.9. The highest BCUT2D eigenvalue weighted by molar-refractivity contribution is 5.91. The molecule has 1 fully saturated rings. The maximum Gasteiger partial charge on any atom is 0.331 e. The van der Waals surface area contributed by atoms with Crippen molar-refractivity contribution in [2.75, 3.05) is 6.54 Å². The Balaban J connectivity index is 2.30. The van der Waals surface area contributed by atoms with Gasteiger partial charge >= 0.3 is 5.97 Å². The van der Waals surface area contributed by atoms with E-state index in [1.165, 1.54) is 12.1 Å². The van der Waals surface area contributed by atoms with Crippen LogP contribution in [-0.4, -0.2) is 34.3 Å². The second-order valence-electron chi connectivity index (χ2n) is 4.64. The van der Waals surface area contributed by atoms with E-state index in [4.69, 9.17) is 5.73 Å². The van der Waals surface area contributed by atoms with Crippen LogP contribution in [-0.2, 0) is 14.4 Å². The van der Waals surface area contributed by atoms with Crippen molar-refractivity contribution in [1.29, 1.82) is 0 Å². The van der Waals surface area contributed by atoms with Gasteiger partial charge in [0.1, 0.15) is 5.82 Å². The molecule has 106 valence electrons. The highest BCUT2D eigenvalue weighted by atomic mass is 19.1. The van der Waals surface area contributed by atoms with Gasteiger partial charge in [0, 0.05) is 13.0 Å². The first kappa shape index (κ1) is 14.0. The molecule has 1 heterocycles. The topological polar surface area (TPSA) is 101 Å². The lowest BCUT2D eigenvalue weighted by atomic mass is 10.1. The van der Waals surface area contributed by atoms with Crippen LogP contribution >= 0.6 is 0 Å². The maximum atomic E-state index is 12.9. The molecule has 0 aliphatic carbocycles. The summed E-state index contributed by atoms with van der Waals surface area (Å²) in [6.07, 6.45) is -0.0969. The molecule has 20 heavy (non-hydrogen) atoms. The predicted octanol–water partition coefficient (Wildman–Crippen LogP) is 0.285. The Labute approximate surface area is 114 Å². The summed E-state index contributed by atoms with van der Waals surface area (Å²) in [5.74, 6) is -3.52. The quantitative estimate of drug-likeness (QED) is 0.827. The number of carboxylic acids is 1. The smallest absolute Gasteiger partial charge is 0.331 e. The van der Waals surface area contributed by atoms with Crippen LogP contribution in [0.15, 0.2) is 24.3 Å². The molecule has 1 aliphatic heterocycles. The van der Waals surface area contributed by atoms with Crippen LogP contribution < -0.4 is 5.73 Å². The van der Waals surface area contributed by atoms with Crippen molar-refractivity contribution in [2.24, 2.45) is 11.7 Å². The van der Waals surface area contributed by atoms with Crippen LogP contribution in [0.25, 0.3) is 0 Å². The highest BCUT2D eigenvalue weighted by Gasteiger charge is 2.40. The van der Waals surface area contributed by atoms with E-state index in [0.29, 0.717) is 0 Å². The Kier molecular flexibility index (Phi) is 3.69. The molecule has 3 N–H and O–H groups in total. The molecule has 0 bridgehead atoms. The first-order chi connectivity index (χ1) is 9.40. The zero-order valence-corrected chi connectivity index (χ0v) is 10.5. The minimum absolute atomic E-state index is 0.0392. The van der Waals surface area contributed by atoms with E-state index in [2.05, 4.69) is 0 Å². The minimum Gasteiger partial charge on any atom is -0.479 e. The molecule has 0 radical (unpaired) electrons. The molecule has 1 unspecified atom stereocenters. The number of halogens is 1. The van der Waals surface area contributed by atoms with Gasteiger partial charge in [-0.1, -0.05) is 12.1 Å². The molecular formula is C13H13FN2O4. The number of nitrogens with two attached hydrogens (primary N) is 1. The number of carboxylic acid groups (broad SMARTS) is 1. The zero-order valence-electron chi connectivity index (χ0n) is 10.5. The number of amides is 2. The lowest BCUT2D eigenvalue weighted by Crippen LogP contribution is -2.36. The molecule has 2 atom stereocenters. The van der Waals surface area contributed by atoms with Gasteiger partial charge < -0.3 is 15.7 Å². The van der Waals surface area contributed by atoms with Crippen molar-refractivity contribution in [1.82, 2.24) is 4.90 Å². The second kappa shape index (κ2) is 5.28. The molecule has 0 saturated carbocycles. The van der Waals surface area contributed by atoms with Crippen LogP contribution in [0.5, 0.6) is 0 Å². The van der Waals surface area contributed by atoms with Gasteiger partial charge in [-0.3, -0.25) is 9.59 Å². The molecule has 1 saturated heterocycles. The largest absolute Gasteiger partial charge is 0.479 e. The number of aliphatic carboxylic acids is 1. The molecule has 1 aromatic carbocycles. The van der Waals surface area contributed by atoms with E-state index in [-0.39, 0.29) is 18.5 Å². The number of carbonyl (C=O) groups excluding carboxylic acids is 2. The number of hydrogen-bond donors (Lipinski definition) is 2. The number of nitrogens with zero attached hydrogens (tertiary/aromatic N) is 1. The Morgan fingerprint density at radius 1 is 1.35 bits per heavy atom. The van der Waals surface area contributed by atoms with Crippen LogP contribution in [0.1, 0.15) is 18.0 Å². The molecule has 1 aliphatic rings. The van der Waals surface area contributed by atoms with Gasteiger partial charge in [0.05, 0.1) is 5.92 Å². The van der Waals surface area contributed by atoms with E-state index < -0.39 is 35.6 Å². The molecule has 6 nitrogen and oxygen atoms in total. The van der Waals surface area contributed by atoms with Crippen molar-refractivity contribution in [3.63, 3.8) is 0 Å². The molecule has 0 aromatic heterocycles. The third kappa shape index (κ3) is 2.61. The summed E-state index contributed by atoms with van der Waals surface area (Å²) < 4.78 is 12.9. The molecule has 2 amide bonds. The maximum absolute atomic E-state index is 12.9. The number of rotatable bonds is 4. The SMILES string of the molecule is NC(=O)C1CC(=O)N([C@H](C(=O)O)c2ccc(F)cc2)C1. The lowest BCUT2D eigenvalue weighted by Gasteiger charge is -2.24. The molecule has 7 heteroatoms. The second-order valence-corrected chi connectivity index (χ2v) is 4.64. The summed E-state index contributed by atoms with van der Waals surface area (Å²) in [6, 6.07) is 3.61. The number of hydrogen-bond acceptors (Lipinski definition) is 3. The average Bonchev–Trinajstić information content (AvgIpc) is 2.74. The molecule has 1 aromatic rings. The number of benzene rings is 1. The van der Waals surface area contributed by atoms with Gasteiger partial charge in [0.15, 0.2) is 6.04 Å². The number of carbonyl (C=O) groups is 3. The summed E-state index contributed by atoms with van der Waals surface area (Å²) >= 11 is 0. The van der Waals surface area contributed by atoms with E-state index in [0.717, 1.165) is 17.0 Å². The predicted molar refractivity (Wildman–Crippen MR) is 65.8 cm³/mol. The van der Waals surface area contributed by atoms with Crippen LogP contribution in [0.3, 0.4) is 0 Å². The van der Waals surface area contributed by atoms with E-state index in [1.807, 2.05) is 0 Å². The molecular weight excluding hydrogens is 267 g/mol. The highest BCUT2D eigenvalue weighted by Crippen LogP contribution is 2.29. The summed E-state index contributed by atoms with van der Waals surface area (Å²) in [7, 11) is 0. The number of primary amides is 1. The van der Waals surface area contributed by atoms with Gasteiger partial charge in [0.25, 0.3) is 0 Å². The molecule has 2 rings (SSSR count). The fourth-order valence-electron chi connectivity index (χ4n) is 2.27. The normalized spacial score (nSPS) is 19.9. The first-order valence-corrected chi connectivity index (χ1v) is 5.97. The minimum atomic E-state index is -1.24. The average molecular weight is 280 g/mol. The first-order valence-electron chi connectivity index (χ1n) is 5.97. The van der Waals surface area contributed by atoms with E-state index >= 15 is 0 Å². The van der Waals surface area contributed by atoms with Crippen molar-refractivity contribution >= 4 is 17.8 Å². The summed E-state index contributed by atoms with van der Waals surface area (Å²) in [5.41, 5.74) is 5.42. The van der Waals surface area contributed by atoms with Crippen molar-refractivity contribution < 1.29 is 23.9 Å². The summed E-state index contributed by atoms with van der Waals surface area (Å²) in [5, 5.41) is 9.30. The third-order valence-corrected chi connectivity index (χ3v) is 3.29. The monoisotopic (exact) mass is 280 g/mol. The van der Waals surface area contributed by atoms with Gasteiger partial charge in [-0.25, -0.2) is 9.18 Å². The Hall–Kier alpha value is -2.44. The van der Waals surface area contributed by atoms with Gasteiger partial charge in [-0.2, -0.15) is 0 Å². The summed E-state index contributed by atoms with van der Waals surface area (Å²) in [4.78, 5) is 35.4. The fraction of sp³-hybridized carbons (Fsp3) is 0.308. The lowest BCUT2D eigenvalue weighted by molar-refractivity contribution is -0.148. The van der Waals surface area contributed by atoms with Crippen LogP contribution in [0.4, 0.5) is 4.39 Å². The third-order valence-electron chi connectivity index (χ3n) is 3.29. The summed E-state index contributed by atoms with van der Waals surface area (Å²) in [6.45, 7) is -0.0392. The van der Waals surface area contributed by atoms with E-state index in [9.17, 15) is 23.9 Å². The standard InChI is InChI=1S/C13H13FN2O4/c14-9-3-1-7(2-4-9)11(13(19)20)16-6-8(12(15)18)5-10(16)17/h1-4,8,11H,5-6H2,(H2,15,18)(H,19,20)/t8?,11-/m0/s1. The van der Waals surface area contributed by atoms with Crippen molar-refractivity contribution in [2.45, 2.75) is 12.5 Å². The van der Waals surface area contributed by atoms with Crippen molar-refractivity contribution in [3.8, 4) is 0 Å². The molecule has 0 spiro atoms. The number of likely N-dealkylation sites (tertiary alicyclic amines) is 1. The van der Waals surface area contributed by atoms with Crippen LogP contribution in [0, 0.1) is 11.7 Å². The van der Waals surface area contributed by atoms with Gasteiger partial charge in [-0.15, -0.1) is 0 Å². The van der Waals surface area contributed by atoms with Crippen LogP contribution in [0.2, 0.25) is 0 Å². The van der Waals surface area contributed by atoms with Gasteiger partial charge in [0.2, 0.25) is 11.8 Å². The fourth-order valence-corrected chi connectivity index (χ4v) is 2.27. The Bertz CT molecular complexity index is 558. The Morgan fingerprint density at radius 2 is 1.95 bits per heavy atom. The van der Waals surface area contributed by atoms with Gasteiger partial charge in [-0.05, 0) is 17.7 Å². The Morgan fingerprint density at radius 3 is 2.40 bits per heavy atom. The van der Waals surface area contributed by atoms with Crippen molar-refractivity contribution in [3.05, 3.63) is 35.6 Å².